The molecular formula is C48H32N2. The lowest BCUT2D eigenvalue weighted by molar-refractivity contribution is 1.18. The maximum Gasteiger partial charge on any atom is 0.160 e. The number of benzene rings is 8. The second-order valence-electron chi connectivity index (χ2n) is 12.7. The molecule has 9 aromatic rings. The van der Waals surface area contributed by atoms with Crippen LogP contribution in [0.2, 0.25) is 0 Å². The fourth-order valence-corrected chi connectivity index (χ4v) is 6.84. The third-order valence-corrected chi connectivity index (χ3v) is 9.48. The maximum absolute atomic E-state index is 5.18. The number of hydrogen-bond acceptors (Lipinski definition) is 2. The molecule has 1 heterocycles. The second kappa shape index (κ2) is 12.8. The molecule has 8 aromatic carbocycles. The summed E-state index contributed by atoms with van der Waals surface area (Å²) in [5.74, 6) is 0.700. The first-order valence-corrected chi connectivity index (χ1v) is 17.0. The van der Waals surface area contributed by atoms with Crippen LogP contribution in [0.3, 0.4) is 0 Å². The fraction of sp³-hybridized carbons (Fsp3) is 0. The van der Waals surface area contributed by atoms with Crippen LogP contribution >= 0.6 is 0 Å². The smallest absolute Gasteiger partial charge is 0.160 e. The van der Waals surface area contributed by atoms with E-state index in [-0.39, 0.29) is 0 Å². The lowest BCUT2D eigenvalue weighted by Gasteiger charge is -2.12. The monoisotopic (exact) mass is 636 g/mol. The van der Waals surface area contributed by atoms with Crippen molar-refractivity contribution in [2.75, 3.05) is 0 Å². The Bertz CT molecular complexity index is 2520. The standard InChI is InChI=1S/C48H32N2/c1-3-11-33(12-4-1)39-16-9-18-42(29-39)47-32-46(49-48(50-47)43-19-10-17-40(30-43)34-13-5-2-6-14-34)38-26-21-35(22-27-38)41-28-25-37-24-23-36-15-7-8-20-44(36)45(37)31-41/h1-32H. The normalized spacial score (nSPS) is 11.2. The molecular weight excluding hydrogens is 605 g/mol. The highest BCUT2D eigenvalue weighted by Crippen LogP contribution is 2.34. The molecule has 0 saturated heterocycles. The van der Waals surface area contributed by atoms with Crippen molar-refractivity contribution in [3.63, 3.8) is 0 Å². The van der Waals surface area contributed by atoms with E-state index in [1.165, 1.54) is 43.8 Å². The molecule has 50 heavy (non-hydrogen) atoms. The molecule has 2 heteroatoms. The van der Waals surface area contributed by atoms with Gasteiger partial charge in [-0.2, -0.15) is 0 Å². The summed E-state index contributed by atoms with van der Waals surface area (Å²) < 4.78 is 0. The van der Waals surface area contributed by atoms with Gasteiger partial charge in [0.15, 0.2) is 5.82 Å². The molecule has 0 saturated carbocycles. The minimum absolute atomic E-state index is 0.700. The van der Waals surface area contributed by atoms with E-state index in [1.54, 1.807) is 0 Å². The predicted molar refractivity (Wildman–Crippen MR) is 210 cm³/mol. The predicted octanol–water partition coefficient (Wildman–Crippen LogP) is 12.8. The maximum atomic E-state index is 5.18. The molecule has 0 aliphatic carbocycles. The van der Waals surface area contributed by atoms with Crippen molar-refractivity contribution >= 4 is 21.5 Å². The zero-order valence-electron chi connectivity index (χ0n) is 27.4. The van der Waals surface area contributed by atoms with Crippen LogP contribution < -0.4 is 0 Å². The third kappa shape index (κ3) is 5.74. The van der Waals surface area contributed by atoms with Gasteiger partial charge in [-0.3, -0.25) is 0 Å². The van der Waals surface area contributed by atoms with Gasteiger partial charge >= 0.3 is 0 Å². The summed E-state index contributed by atoms with van der Waals surface area (Å²) in [7, 11) is 0. The van der Waals surface area contributed by atoms with E-state index in [1.807, 2.05) is 12.1 Å². The number of rotatable bonds is 6. The van der Waals surface area contributed by atoms with Crippen molar-refractivity contribution in [2.24, 2.45) is 0 Å². The summed E-state index contributed by atoms with van der Waals surface area (Å²) in [6.45, 7) is 0. The van der Waals surface area contributed by atoms with E-state index in [0.717, 1.165) is 39.2 Å². The Kier molecular flexibility index (Phi) is 7.53. The van der Waals surface area contributed by atoms with Crippen molar-refractivity contribution in [3.05, 3.63) is 194 Å². The molecule has 0 aliphatic rings. The van der Waals surface area contributed by atoms with Gasteiger partial charge < -0.3 is 0 Å². The van der Waals surface area contributed by atoms with Crippen LogP contribution in [0.5, 0.6) is 0 Å². The molecule has 0 N–H and O–H groups in total. The average molecular weight is 637 g/mol. The number of hydrogen-bond donors (Lipinski definition) is 0. The highest BCUT2D eigenvalue weighted by Gasteiger charge is 2.13. The SMILES string of the molecule is c1ccc(-c2cccc(-c3cc(-c4ccc(-c5ccc6ccc7ccccc7c6c5)cc4)nc(-c4cccc(-c5ccccc5)c4)n3)c2)cc1. The second-order valence-corrected chi connectivity index (χ2v) is 12.7. The van der Waals surface area contributed by atoms with E-state index in [0.29, 0.717) is 5.82 Å². The van der Waals surface area contributed by atoms with E-state index < -0.39 is 0 Å². The first-order chi connectivity index (χ1) is 24.7. The van der Waals surface area contributed by atoms with E-state index in [4.69, 9.17) is 9.97 Å². The van der Waals surface area contributed by atoms with E-state index in [9.17, 15) is 0 Å². The Labute approximate surface area is 292 Å². The van der Waals surface area contributed by atoms with Crippen LogP contribution in [0.25, 0.3) is 88.8 Å². The first-order valence-electron chi connectivity index (χ1n) is 17.0. The van der Waals surface area contributed by atoms with Crippen molar-refractivity contribution in [2.45, 2.75) is 0 Å². The molecule has 0 fully saturated rings. The van der Waals surface area contributed by atoms with Crippen LogP contribution in [0.15, 0.2) is 194 Å². The Morgan fingerprint density at radius 1 is 0.240 bits per heavy atom. The van der Waals surface area contributed by atoms with E-state index in [2.05, 4.69) is 182 Å². The molecule has 1 aromatic heterocycles. The van der Waals surface area contributed by atoms with Crippen LogP contribution in [0.4, 0.5) is 0 Å². The molecule has 0 amide bonds. The van der Waals surface area contributed by atoms with Gasteiger partial charge in [-0.1, -0.05) is 170 Å². The molecule has 234 valence electrons. The zero-order valence-corrected chi connectivity index (χ0v) is 27.4. The van der Waals surface area contributed by atoms with Gasteiger partial charge in [-0.05, 0) is 79.2 Å². The van der Waals surface area contributed by atoms with Gasteiger partial charge in [0, 0.05) is 16.7 Å². The van der Waals surface area contributed by atoms with Crippen LogP contribution in [-0.4, -0.2) is 9.97 Å². The number of fused-ring (bicyclic) bond motifs is 3. The molecule has 0 radical (unpaired) electrons. The van der Waals surface area contributed by atoms with Gasteiger partial charge in [0.2, 0.25) is 0 Å². The highest BCUT2D eigenvalue weighted by atomic mass is 14.9. The van der Waals surface area contributed by atoms with Gasteiger partial charge in [0.1, 0.15) is 0 Å². The lowest BCUT2D eigenvalue weighted by Crippen LogP contribution is -1.96. The largest absolute Gasteiger partial charge is 0.228 e. The Morgan fingerprint density at radius 3 is 1.38 bits per heavy atom. The van der Waals surface area contributed by atoms with Gasteiger partial charge in [-0.25, -0.2) is 9.97 Å². The molecule has 0 unspecified atom stereocenters. The minimum Gasteiger partial charge on any atom is -0.228 e. The fourth-order valence-electron chi connectivity index (χ4n) is 6.84. The summed E-state index contributed by atoms with van der Waals surface area (Å²) >= 11 is 0. The Balaban J connectivity index is 1.14. The van der Waals surface area contributed by atoms with E-state index >= 15 is 0 Å². The molecule has 0 spiro atoms. The summed E-state index contributed by atoms with van der Waals surface area (Å²) in [5.41, 5.74) is 11.8. The summed E-state index contributed by atoms with van der Waals surface area (Å²) in [5, 5.41) is 5.05. The highest BCUT2D eigenvalue weighted by molar-refractivity contribution is 6.08. The number of aromatic nitrogens is 2. The van der Waals surface area contributed by atoms with Gasteiger partial charge in [-0.15, -0.1) is 0 Å². The van der Waals surface area contributed by atoms with Crippen LogP contribution in [0.1, 0.15) is 0 Å². The van der Waals surface area contributed by atoms with Gasteiger partial charge in [0.25, 0.3) is 0 Å². The molecule has 0 bridgehead atoms. The Hall–Kier alpha value is -6.64. The third-order valence-electron chi connectivity index (χ3n) is 9.48. The number of nitrogens with zero attached hydrogens (tertiary/aromatic N) is 2. The van der Waals surface area contributed by atoms with Crippen molar-refractivity contribution in [1.29, 1.82) is 0 Å². The molecule has 0 aliphatic heterocycles. The molecule has 2 nitrogen and oxygen atoms in total. The van der Waals surface area contributed by atoms with Crippen molar-refractivity contribution in [3.8, 4) is 67.3 Å². The van der Waals surface area contributed by atoms with Crippen molar-refractivity contribution < 1.29 is 0 Å². The van der Waals surface area contributed by atoms with Crippen LogP contribution in [0, 0.1) is 0 Å². The Morgan fingerprint density at radius 2 is 0.680 bits per heavy atom. The first kappa shape index (κ1) is 29.5. The van der Waals surface area contributed by atoms with Crippen molar-refractivity contribution in [1.82, 2.24) is 9.97 Å². The summed E-state index contributed by atoms with van der Waals surface area (Å²) in [6.07, 6.45) is 0. The molecule has 0 atom stereocenters. The quantitative estimate of drug-likeness (QED) is 0.170. The summed E-state index contributed by atoms with van der Waals surface area (Å²) in [4.78, 5) is 10.4. The minimum atomic E-state index is 0.700. The average Bonchev–Trinajstić information content (AvgIpc) is 3.21. The lowest BCUT2D eigenvalue weighted by atomic mass is 9.96. The van der Waals surface area contributed by atoms with Crippen LogP contribution in [-0.2, 0) is 0 Å². The zero-order chi connectivity index (χ0) is 33.3. The summed E-state index contributed by atoms with van der Waals surface area (Å²) in [6, 6.07) is 68.7. The van der Waals surface area contributed by atoms with Gasteiger partial charge in [0.05, 0.1) is 11.4 Å². The molecule has 9 rings (SSSR count). The topological polar surface area (TPSA) is 25.8 Å².